The molecule has 1 saturated carbocycles. The van der Waals surface area contributed by atoms with Gasteiger partial charge in [0.2, 0.25) is 5.95 Å². The molecule has 0 N–H and O–H groups in total. The maximum absolute atomic E-state index is 12.5. The van der Waals surface area contributed by atoms with Crippen molar-refractivity contribution in [1.29, 1.82) is 0 Å². The second kappa shape index (κ2) is 8.17. The number of morpholine rings is 1. The lowest BCUT2D eigenvalue weighted by atomic mass is 9.93. The molecular formula is C20H27N5O2. The van der Waals surface area contributed by atoms with Crippen LogP contribution in [0.5, 0.6) is 0 Å². The number of ether oxygens (including phenoxy) is 1. The summed E-state index contributed by atoms with van der Waals surface area (Å²) in [6, 6.07) is 3.31. The lowest BCUT2D eigenvalue weighted by Crippen LogP contribution is -2.47. The zero-order valence-corrected chi connectivity index (χ0v) is 15.9. The Morgan fingerprint density at radius 1 is 1.15 bits per heavy atom. The van der Waals surface area contributed by atoms with Crippen LogP contribution in [-0.2, 0) is 11.8 Å². The largest absolute Gasteiger partial charge is 0.374 e. The molecule has 144 valence electrons. The van der Waals surface area contributed by atoms with Gasteiger partial charge in [0.15, 0.2) is 0 Å². The van der Waals surface area contributed by atoms with Gasteiger partial charge in [-0.2, -0.15) is 0 Å². The summed E-state index contributed by atoms with van der Waals surface area (Å²) in [4.78, 5) is 27.7. The van der Waals surface area contributed by atoms with Gasteiger partial charge in [-0.05, 0) is 24.8 Å². The summed E-state index contributed by atoms with van der Waals surface area (Å²) in [5.74, 6) is 1.30. The molecule has 2 aliphatic rings. The van der Waals surface area contributed by atoms with Crippen LogP contribution in [0.4, 0.5) is 5.95 Å². The van der Waals surface area contributed by atoms with E-state index in [9.17, 15) is 4.79 Å². The fraction of sp³-hybridized carbons (Fsp3) is 0.600. The molecule has 0 aromatic carbocycles. The fourth-order valence-corrected chi connectivity index (χ4v) is 4.21. The molecule has 1 aliphatic heterocycles. The van der Waals surface area contributed by atoms with E-state index in [4.69, 9.17) is 9.72 Å². The SMILES string of the molecule is Cn1c(N2CCOC(C3CCCCCC3)C2)nc(-c2ccncn2)cc1=O. The Morgan fingerprint density at radius 3 is 2.70 bits per heavy atom. The summed E-state index contributed by atoms with van der Waals surface area (Å²) >= 11 is 0. The highest BCUT2D eigenvalue weighted by atomic mass is 16.5. The van der Waals surface area contributed by atoms with Crippen molar-refractivity contribution in [3.05, 3.63) is 35.0 Å². The molecule has 0 spiro atoms. The molecule has 0 amide bonds. The summed E-state index contributed by atoms with van der Waals surface area (Å²) in [6.07, 6.45) is 11.1. The lowest BCUT2D eigenvalue weighted by molar-refractivity contribution is -0.00356. The van der Waals surface area contributed by atoms with Crippen LogP contribution >= 0.6 is 0 Å². The Balaban J connectivity index is 1.60. The molecule has 2 aromatic heterocycles. The first-order valence-electron chi connectivity index (χ1n) is 9.93. The Morgan fingerprint density at radius 2 is 1.96 bits per heavy atom. The predicted octanol–water partition coefficient (Wildman–Crippen LogP) is 2.41. The van der Waals surface area contributed by atoms with E-state index >= 15 is 0 Å². The first-order valence-corrected chi connectivity index (χ1v) is 9.93. The number of hydrogen-bond acceptors (Lipinski definition) is 6. The first kappa shape index (κ1) is 18.1. The van der Waals surface area contributed by atoms with Gasteiger partial charge in [-0.3, -0.25) is 9.36 Å². The van der Waals surface area contributed by atoms with E-state index in [1.807, 2.05) is 0 Å². The lowest BCUT2D eigenvalue weighted by Gasteiger charge is -2.37. The Hall–Kier alpha value is -2.28. The fourth-order valence-electron chi connectivity index (χ4n) is 4.21. The second-order valence-electron chi connectivity index (χ2n) is 7.54. The van der Waals surface area contributed by atoms with Crippen molar-refractivity contribution in [1.82, 2.24) is 19.5 Å². The van der Waals surface area contributed by atoms with Crippen LogP contribution in [-0.4, -0.2) is 45.3 Å². The van der Waals surface area contributed by atoms with Gasteiger partial charge in [0.1, 0.15) is 6.33 Å². The molecule has 7 nitrogen and oxygen atoms in total. The Bertz CT molecular complexity index is 815. The molecule has 1 unspecified atom stereocenters. The van der Waals surface area contributed by atoms with Gasteiger partial charge < -0.3 is 9.64 Å². The number of rotatable bonds is 3. The molecule has 3 heterocycles. The maximum Gasteiger partial charge on any atom is 0.255 e. The van der Waals surface area contributed by atoms with E-state index in [2.05, 4.69) is 14.9 Å². The van der Waals surface area contributed by atoms with E-state index in [-0.39, 0.29) is 11.7 Å². The van der Waals surface area contributed by atoms with E-state index in [1.165, 1.54) is 50.9 Å². The normalized spacial score (nSPS) is 21.8. The van der Waals surface area contributed by atoms with Gasteiger partial charge >= 0.3 is 0 Å². The van der Waals surface area contributed by atoms with Gasteiger partial charge in [0, 0.05) is 32.4 Å². The van der Waals surface area contributed by atoms with E-state index in [1.54, 1.807) is 23.9 Å². The smallest absolute Gasteiger partial charge is 0.255 e. The average Bonchev–Trinajstić information content (AvgIpc) is 3.00. The maximum atomic E-state index is 12.5. The third-order valence-corrected chi connectivity index (χ3v) is 5.76. The second-order valence-corrected chi connectivity index (χ2v) is 7.54. The highest BCUT2D eigenvalue weighted by molar-refractivity contribution is 5.55. The van der Waals surface area contributed by atoms with Gasteiger partial charge in [-0.15, -0.1) is 0 Å². The third-order valence-electron chi connectivity index (χ3n) is 5.76. The average molecular weight is 369 g/mol. The highest BCUT2D eigenvalue weighted by Gasteiger charge is 2.30. The number of aromatic nitrogens is 4. The van der Waals surface area contributed by atoms with Gasteiger partial charge in [-0.25, -0.2) is 15.0 Å². The highest BCUT2D eigenvalue weighted by Crippen LogP contribution is 2.29. The Kier molecular flexibility index (Phi) is 5.48. The summed E-state index contributed by atoms with van der Waals surface area (Å²) in [5.41, 5.74) is 1.18. The molecule has 1 atom stereocenters. The van der Waals surface area contributed by atoms with E-state index in [0.717, 1.165) is 13.1 Å². The zero-order chi connectivity index (χ0) is 18.6. The number of hydrogen-bond donors (Lipinski definition) is 0. The summed E-state index contributed by atoms with van der Waals surface area (Å²) in [5, 5.41) is 0. The zero-order valence-electron chi connectivity index (χ0n) is 15.9. The van der Waals surface area contributed by atoms with Crippen molar-refractivity contribution >= 4 is 5.95 Å². The number of anilines is 1. The molecule has 27 heavy (non-hydrogen) atoms. The minimum Gasteiger partial charge on any atom is -0.374 e. The molecule has 2 fully saturated rings. The van der Waals surface area contributed by atoms with Crippen LogP contribution in [0.15, 0.2) is 29.5 Å². The number of nitrogens with zero attached hydrogens (tertiary/aromatic N) is 5. The van der Waals surface area contributed by atoms with Gasteiger partial charge in [-0.1, -0.05) is 25.7 Å². The van der Waals surface area contributed by atoms with Crippen molar-refractivity contribution in [2.75, 3.05) is 24.6 Å². The van der Waals surface area contributed by atoms with Crippen molar-refractivity contribution in [2.24, 2.45) is 13.0 Å². The molecular weight excluding hydrogens is 342 g/mol. The minimum absolute atomic E-state index is 0.0777. The van der Waals surface area contributed by atoms with E-state index < -0.39 is 0 Å². The molecule has 0 bridgehead atoms. The standard InChI is InChI=1S/C20H27N5O2/c1-24-19(26)12-17(16-8-9-21-14-22-16)23-20(24)25-10-11-27-18(13-25)15-6-4-2-3-5-7-15/h8-9,12,14-15,18H,2-7,10-11,13H2,1H3. The summed E-state index contributed by atoms with van der Waals surface area (Å²) < 4.78 is 7.76. The van der Waals surface area contributed by atoms with Crippen LogP contribution in [0.25, 0.3) is 11.4 Å². The van der Waals surface area contributed by atoms with Crippen LogP contribution in [0.1, 0.15) is 38.5 Å². The quantitative estimate of drug-likeness (QED) is 0.774. The van der Waals surface area contributed by atoms with Crippen LogP contribution in [0.2, 0.25) is 0 Å². The predicted molar refractivity (Wildman–Crippen MR) is 104 cm³/mol. The van der Waals surface area contributed by atoms with Crippen LogP contribution in [0, 0.1) is 5.92 Å². The van der Waals surface area contributed by atoms with Crippen molar-refractivity contribution in [2.45, 2.75) is 44.6 Å². The van der Waals surface area contributed by atoms with Crippen LogP contribution in [0.3, 0.4) is 0 Å². The molecule has 4 rings (SSSR count). The summed E-state index contributed by atoms with van der Waals surface area (Å²) in [6.45, 7) is 2.21. The van der Waals surface area contributed by atoms with Crippen molar-refractivity contribution < 1.29 is 4.74 Å². The minimum atomic E-state index is -0.0777. The first-order chi connectivity index (χ1) is 13.2. The van der Waals surface area contributed by atoms with Crippen molar-refractivity contribution in [3.8, 4) is 11.4 Å². The summed E-state index contributed by atoms with van der Waals surface area (Å²) in [7, 11) is 1.78. The molecule has 2 aromatic rings. The molecule has 1 aliphatic carbocycles. The van der Waals surface area contributed by atoms with E-state index in [0.29, 0.717) is 29.9 Å². The van der Waals surface area contributed by atoms with Crippen LogP contribution < -0.4 is 10.5 Å². The molecule has 1 saturated heterocycles. The topological polar surface area (TPSA) is 73.1 Å². The molecule has 0 radical (unpaired) electrons. The Labute approximate surface area is 159 Å². The van der Waals surface area contributed by atoms with Crippen molar-refractivity contribution in [3.63, 3.8) is 0 Å². The monoisotopic (exact) mass is 369 g/mol. The molecule has 7 heteroatoms. The third kappa shape index (κ3) is 4.03. The van der Waals surface area contributed by atoms with Gasteiger partial charge in [0.25, 0.3) is 5.56 Å². The van der Waals surface area contributed by atoms with Gasteiger partial charge in [0.05, 0.1) is 24.1 Å².